The number of hydrogen-bond acceptors (Lipinski definition) is 4. The van der Waals surface area contributed by atoms with E-state index in [1.165, 1.54) is 0 Å². The van der Waals surface area contributed by atoms with Crippen molar-refractivity contribution in [2.45, 2.75) is 10.9 Å². The predicted molar refractivity (Wildman–Crippen MR) is 99.0 cm³/mol. The van der Waals surface area contributed by atoms with E-state index < -0.39 is 0 Å². The van der Waals surface area contributed by atoms with Crippen LogP contribution in [0.25, 0.3) is 0 Å². The number of hydrogen-bond donors (Lipinski definition) is 3. The topological polar surface area (TPSA) is 53.2 Å². The van der Waals surface area contributed by atoms with Crippen molar-refractivity contribution < 1.29 is 4.79 Å². The van der Waals surface area contributed by atoms with Gasteiger partial charge in [0.15, 0.2) is 0 Å². The second kappa shape index (κ2) is 8.53. The maximum absolute atomic E-state index is 12.5. The molecule has 2 aromatic carbocycles. The zero-order chi connectivity index (χ0) is 16.8. The van der Waals surface area contributed by atoms with Crippen molar-refractivity contribution in [2.75, 3.05) is 18.8 Å². The first-order valence-corrected chi connectivity index (χ1v) is 9.30. The van der Waals surface area contributed by atoms with Gasteiger partial charge in [0.1, 0.15) is 0 Å². The van der Waals surface area contributed by atoms with Crippen molar-refractivity contribution in [2.24, 2.45) is 5.92 Å². The normalized spacial score (nSPS) is 20.0. The number of carbonyl (C=O) groups excluding carboxylic acids is 1. The summed E-state index contributed by atoms with van der Waals surface area (Å²) in [5.41, 5.74) is 7.42. The Hall–Kier alpha value is -1.53. The summed E-state index contributed by atoms with van der Waals surface area (Å²) in [6.07, 6.45) is 0. The van der Waals surface area contributed by atoms with Crippen molar-refractivity contribution in [3.8, 4) is 0 Å². The molecule has 126 valence electrons. The van der Waals surface area contributed by atoms with Crippen LogP contribution >= 0.6 is 23.4 Å². The van der Waals surface area contributed by atoms with Gasteiger partial charge in [0.25, 0.3) is 0 Å². The van der Waals surface area contributed by atoms with Gasteiger partial charge in [-0.1, -0.05) is 41.9 Å². The second-order valence-corrected chi connectivity index (χ2v) is 7.22. The first-order valence-electron chi connectivity index (χ1n) is 7.93. The molecule has 4 nitrogen and oxygen atoms in total. The number of nitrogens with one attached hydrogen (secondary N) is 3. The zero-order valence-corrected chi connectivity index (χ0v) is 14.7. The largest absolute Gasteiger partial charge is 0.355 e. The van der Waals surface area contributed by atoms with Crippen LogP contribution in [-0.2, 0) is 4.79 Å². The van der Waals surface area contributed by atoms with Crippen LogP contribution in [0.15, 0.2) is 59.5 Å². The Balaban J connectivity index is 1.47. The van der Waals surface area contributed by atoms with Gasteiger partial charge in [-0.05, 0) is 29.8 Å². The molecule has 0 bridgehead atoms. The third-order valence-corrected chi connectivity index (χ3v) is 5.23. The predicted octanol–water partition coefficient (Wildman–Crippen LogP) is 3.01. The lowest BCUT2D eigenvalue weighted by molar-refractivity contribution is -0.124. The highest BCUT2D eigenvalue weighted by atomic mass is 35.5. The number of benzene rings is 2. The highest BCUT2D eigenvalue weighted by Crippen LogP contribution is 2.25. The van der Waals surface area contributed by atoms with Crippen LogP contribution in [0.4, 0.5) is 0 Å². The van der Waals surface area contributed by atoms with E-state index in [0.29, 0.717) is 13.1 Å². The molecule has 3 N–H and O–H groups in total. The minimum absolute atomic E-state index is 0.00937. The number of thioether (sulfide) groups is 1. The molecule has 24 heavy (non-hydrogen) atoms. The summed E-state index contributed by atoms with van der Waals surface area (Å²) in [6, 6.07) is 17.8. The fourth-order valence-electron chi connectivity index (χ4n) is 2.72. The number of halogens is 1. The summed E-state index contributed by atoms with van der Waals surface area (Å²) in [6.45, 7) is 1.28. The van der Waals surface area contributed by atoms with Crippen LogP contribution in [-0.4, -0.2) is 24.7 Å². The van der Waals surface area contributed by atoms with Crippen LogP contribution in [0.2, 0.25) is 5.02 Å². The van der Waals surface area contributed by atoms with Gasteiger partial charge < -0.3 is 5.32 Å². The monoisotopic (exact) mass is 361 g/mol. The summed E-state index contributed by atoms with van der Waals surface area (Å²) < 4.78 is 0. The number of carbonyl (C=O) groups is 1. The van der Waals surface area contributed by atoms with E-state index in [4.69, 9.17) is 11.6 Å². The lowest BCUT2D eigenvalue weighted by Gasteiger charge is -2.18. The van der Waals surface area contributed by atoms with Crippen molar-refractivity contribution in [1.82, 2.24) is 16.2 Å². The Morgan fingerprint density at radius 1 is 1.17 bits per heavy atom. The fourth-order valence-corrected chi connectivity index (χ4v) is 3.62. The molecular formula is C18H20ClN3OS. The van der Waals surface area contributed by atoms with E-state index in [1.807, 2.05) is 54.6 Å². The third-order valence-electron chi connectivity index (χ3n) is 3.96. The van der Waals surface area contributed by atoms with Crippen LogP contribution in [0.1, 0.15) is 11.6 Å². The maximum atomic E-state index is 12.5. The fraction of sp³-hybridized carbons (Fsp3) is 0.278. The van der Waals surface area contributed by atoms with E-state index in [0.717, 1.165) is 21.2 Å². The zero-order valence-electron chi connectivity index (χ0n) is 13.2. The van der Waals surface area contributed by atoms with E-state index in [1.54, 1.807) is 11.8 Å². The average molecular weight is 362 g/mol. The second-order valence-electron chi connectivity index (χ2n) is 5.61. The molecule has 2 aromatic rings. The lowest BCUT2D eigenvalue weighted by atomic mass is 9.94. The smallest absolute Gasteiger partial charge is 0.226 e. The minimum Gasteiger partial charge on any atom is -0.355 e. The van der Waals surface area contributed by atoms with Gasteiger partial charge in [0.05, 0.1) is 12.0 Å². The van der Waals surface area contributed by atoms with Crippen LogP contribution in [0, 0.1) is 5.92 Å². The molecule has 2 atom stereocenters. The van der Waals surface area contributed by atoms with Crippen LogP contribution in [0.5, 0.6) is 0 Å². The molecule has 1 saturated heterocycles. The molecule has 3 rings (SSSR count). The standard InChI is InChI=1S/C18H20ClN3OS/c19-14-6-8-15(9-7-14)24-11-10-20-18(23)16-12-21-22-17(16)13-4-2-1-3-5-13/h1-9,16-17,21-22H,10-12H2,(H,20,23). The Labute approximate surface area is 151 Å². The van der Waals surface area contributed by atoms with Gasteiger partial charge in [-0.25, -0.2) is 5.43 Å². The molecule has 1 fully saturated rings. The SMILES string of the molecule is O=C(NCCSc1ccc(Cl)cc1)C1CNNC1c1ccccc1. The van der Waals surface area contributed by atoms with Gasteiger partial charge in [-0.15, -0.1) is 11.8 Å². The first kappa shape index (κ1) is 17.3. The molecular weight excluding hydrogens is 342 g/mol. The Morgan fingerprint density at radius 2 is 1.92 bits per heavy atom. The molecule has 0 spiro atoms. The van der Waals surface area contributed by atoms with E-state index in [-0.39, 0.29) is 17.9 Å². The lowest BCUT2D eigenvalue weighted by Crippen LogP contribution is -2.36. The van der Waals surface area contributed by atoms with Gasteiger partial charge in [0.2, 0.25) is 5.91 Å². The van der Waals surface area contributed by atoms with Crippen molar-refractivity contribution in [1.29, 1.82) is 0 Å². The Morgan fingerprint density at radius 3 is 2.67 bits per heavy atom. The molecule has 0 aromatic heterocycles. The summed E-state index contributed by atoms with van der Waals surface area (Å²) >= 11 is 7.58. The van der Waals surface area contributed by atoms with Gasteiger partial charge in [0, 0.05) is 28.8 Å². The molecule has 1 heterocycles. The third kappa shape index (κ3) is 4.51. The van der Waals surface area contributed by atoms with E-state index >= 15 is 0 Å². The highest BCUT2D eigenvalue weighted by Gasteiger charge is 2.33. The summed E-state index contributed by atoms with van der Waals surface area (Å²) in [5, 5.41) is 3.78. The molecule has 6 heteroatoms. The number of amides is 1. The summed E-state index contributed by atoms with van der Waals surface area (Å²) in [5.74, 6) is 0.808. The van der Waals surface area contributed by atoms with Crippen molar-refractivity contribution in [3.63, 3.8) is 0 Å². The maximum Gasteiger partial charge on any atom is 0.226 e. The Bertz CT molecular complexity index is 666. The molecule has 1 aliphatic rings. The van der Waals surface area contributed by atoms with Crippen molar-refractivity contribution in [3.05, 3.63) is 65.2 Å². The minimum atomic E-state index is -0.104. The first-order chi connectivity index (χ1) is 11.7. The number of rotatable bonds is 6. The van der Waals surface area contributed by atoms with Crippen LogP contribution < -0.4 is 16.2 Å². The van der Waals surface area contributed by atoms with Crippen LogP contribution in [0.3, 0.4) is 0 Å². The van der Waals surface area contributed by atoms with Gasteiger partial charge in [-0.3, -0.25) is 10.2 Å². The van der Waals surface area contributed by atoms with E-state index in [2.05, 4.69) is 16.2 Å². The highest BCUT2D eigenvalue weighted by molar-refractivity contribution is 7.99. The Kier molecular flexibility index (Phi) is 6.15. The molecule has 1 aliphatic heterocycles. The summed E-state index contributed by atoms with van der Waals surface area (Å²) in [7, 11) is 0. The van der Waals surface area contributed by atoms with Crippen molar-refractivity contribution >= 4 is 29.3 Å². The summed E-state index contributed by atoms with van der Waals surface area (Å²) in [4.78, 5) is 13.6. The van der Waals surface area contributed by atoms with E-state index in [9.17, 15) is 4.79 Å². The number of hydrazine groups is 1. The average Bonchev–Trinajstić information content (AvgIpc) is 3.11. The molecule has 0 saturated carbocycles. The molecule has 0 aliphatic carbocycles. The molecule has 2 unspecified atom stereocenters. The van der Waals surface area contributed by atoms with Gasteiger partial charge in [-0.2, -0.15) is 0 Å². The van der Waals surface area contributed by atoms with Gasteiger partial charge >= 0.3 is 0 Å². The quantitative estimate of drug-likeness (QED) is 0.547. The molecule has 1 amide bonds. The molecule has 0 radical (unpaired) electrons.